The van der Waals surface area contributed by atoms with E-state index in [1.54, 1.807) is 9.47 Å². The topological polar surface area (TPSA) is 61.8 Å². The van der Waals surface area contributed by atoms with Gasteiger partial charge in [0.1, 0.15) is 19.6 Å². The van der Waals surface area contributed by atoms with Crippen LogP contribution in [0.1, 0.15) is 20.8 Å². The number of aromatic nitrogens is 2. The van der Waals surface area contributed by atoms with Gasteiger partial charge in [0.25, 0.3) is 16.6 Å². The second-order valence-corrected chi connectivity index (χ2v) is 12.1. The number of fused-ring (bicyclic) bond motifs is 1. The van der Waals surface area contributed by atoms with E-state index < -0.39 is 0 Å². The van der Waals surface area contributed by atoms with Crippen molar-refractivity contribution in [3.8, 4) is 0 Å². The predicted octanol–water partition coefficient (Wildman–Crippen LogP) is 3.53. The van der Waals surface area contributed by atoms with Crippen LogP contribution >= 0.6 is 46.0 Å². The van der Waals surface area contributed by atoms with Crippen molar-refractivity contribution in [3.63, 3.8) is 0 Å². The smallest absolute Gasteiger partial charge is 0.350 e. The molecule has 11 heteroatoms. The summed E-state index contributed by atoms with van der Waals surface area (Å²) in [4.78, 5) is 36.2. The lowest BCUT2D eigenvalue weighted by atomic mass is 10.3. The van der Waals surface area contributed by atoms with Crippen LogP contribution in [-0.2, 0) is 18.4 Å². The zero-order valence-corrected chi connectivity index (χ0v) is 23.7. The van der Waals surface area contributed by atoms with E-state index in [1.807, 2.05) is 87.0 Å². The van der Waals surface area contributed by atoms with E-state index >= 15 is 0 Å². The van der Waals surface area contributed by atoms with Gasteiger partial charge in [0.05, 0.1) is 17.4 Å². The third-order valence-electron chi connectivity index (χ3n) is 5.97. The average molecular weight is 559 g/mol. The Balaban J connectivity index is 1.71. The first-order valence-corrected chi connectivity index (χ1v) is 14.3. The first-order valence-electron chi connectivity index (χ1n) is 11.5. The number of nitrogens with zero attached hydrogens (tertiary/aromatic N) is 5. The second kappa shape index (κ2) is 9.66. The molecule has 1 fully saturated rings. The van der Waals surface area contributed by atoms with Crippen molar-refractivity contribution in [2.24, 2.45) is 12.0 Å². The summed E-state index contributed by atoms with van der Waals surface area (Å²) in [6, 6.07) is 5.66. The van der Waals surface area contributed by atoms with Gasteiger partial charge in [-0.05, 0) is 79.2 Å². The fraction of sp³-hybridized carbons (Fsp3) is 0.280. The maximum absolute atomic E-state index is 13.7. The first kappa shape index (κ1) is 25.0. The summed E-state index contributed by atoms with van der Waals surface area (Å²) >= 11 is 10.4. The number of carbonyl (C=O) groups is 1. The molecule has 3 aromatic rings. The lowest BCUT2D eigenvalue weighted by Crippen LogP contribution is -2.37. The van der Waals surface area contributed by atoms with Crippen LogP contribution < -0.4 is 19.3 Å². The number of amidine groups is 1. The largest absolute Gasteiger partial charge is 0.385 e. The van der Waals surface area contributed by atoms with Gasteiger partial charge < -0.3 is 4.90 Å². The van der Waals surface area contributed by atoms with E-state index in [0.29, 0.717) is 30.8 Å². The zero-order chi connectivity index (χ0) is 25.7. The molecule has 1 amide bonds. The van der Waals surface area contributed by atoms with Gasteiger partial charge in [-0.3, -0.25) is 19.1 Å². The van der Waals surface area contributed by atoms with Gasteiger partial charge in [-0.15, -0.1) is 11.3 Å². The minimum absolute atomic E-state index is 0.0885. The minimum atomic E-state index is -0.131. The highest BCUT2D eigenvalue weighted by Crippen LogP contribution is 2.36. The lowest BCUT2D eigenvalue weighted by molar-refractivity contribution is -0.627. The molecule has 0 bridgehead atoms. The molecule has 0 saturated carbocycles. The third kappa shape index (κ3) is 4.15. The number of allylic oxidation sites excluding steroid dienone is 2. The summed E-state index contributed by atoms with van der Waals surface area (Å²) in [5, 5.41) is 2.05. The molecule has 1 aromatic carbocycles. The Hall–Kier alpha value is -2.66. The number of aliphatic imine (C=N–C) groups is 1. The summed E-state index contributed by atoms with van der Waals surface area (Å²) in [6.07, 6.45) is 7.67. The van der Waals surface area contributed by atoms with Gasteiger partial charge in [-0.1, -0.05) is 17.7 Å². The Labute approximate surface area is 225 Å². The molecule has 186 valence electrons. The van der Waals surface area contributed by atoms with Gasteiger partial charge in [0.2, 0.25) is 0 Å². The van der Waals surface area contributed by atoms with Crippen LogP contribution in [0, 0.1) is 0 Å². The van der Waals surface area contributed by atoms with Crippen molar-refractivity contribution in [3.05, 3.63) is 67.2 Å². The molecule has 2 aromatic heterocycles. The molecule has 2 aliphatic rings. The summed E-state index contributed by atoms with van der Waals surface area (Å²) in [6.45, 7) is 6.34. The molecule has 0 atom stereocenters. The Kier molecular flexibility index (Phi) is 6.71. The predicted molar refractivity (Wildman–Crippen MR) is 151 cm³/mol. The number of hydrogen-bond donors (Lipinski definition) is 0. The van der Waals surface area contributed by atoms with E-state index in [1.165, 1.54) is 34.4 Å². The molecule has 7 nitrogen and oxygen atoms in total. The molecule has 36 heavy (non-hydrogen) atoms. The Morgan fingerprint density at radius 3 is 2.64 bits per heavy atom. The molecule has 0 unspecified atom stereocenters. The van der Waals surface area contributed by atoms with Crippen LogP contribution in [0.25, 0.3) is 20.8 Å². The SMILES string of the molecule is CCn1c(=O)/c(=C2\C=CC=CN2C)s/c1=C1\S/C(=N\c2sc3cc(Cl)ccc3[n+]2C)N(C(C)C)C1=O. The van der Waals surface area contributed by atoms with Gasteiger partial charge >= 0.3 is 5.13 Å². The summed E-state index contributed by atoms with van der Waals surface area (Å²) in [5.41, 5.74) is 1.76. The van der Waals surface area contributed by atoms with Crippen molar-refractivity contribution in [1.29, 1.82) is 0 Å². The van der Waals surface area contributed by atoms with Crippen LogP contribution in [0.2, 0.25) is 5.02 Å². The number of hydrogen-bond acceptors (Lipinski definition) is 7. The standard InChI is InChI=1S/C25H25ClN5O2S3/c1-6-30-21(32)19(17-9-7-8-12-28(17)4)35-23(30)20-22(33)31(14(2)3)25(36-20)27-24-29(5)16-11-10-15(26)13-18(16)34-24/h7-14H,6H2,1-5H3/q+1/b19-17-,23-20-. The fourth-order valence-electron chi connectivity index (χ4n) is 4.13. The van der Waals surface area contributed by atoms with E-state index in [-0.39, 0.29) is 17.5 Å². The Bertz CT molecular complexity index is 1680. The average Bonchev–Trinajstić information content (AvgIpc) is 3.44. The number of rotatable bonds is 3. The monoisotopic (exact) mass is 558 g/mol. The van der Waals surface area contributed by atoms with Crippen molar-refractivity contribution in [1.82, 2.24) is 14.4 Å². The van der Waals surface area contributed by atoms with Gasteiger partial charge in [-0.25, -0.2) is 4.57 Å². The van der Waals surface area contributed by atoms with Crippen molar-refractivity contribution in [2.75, 3.05) is 7.05 Å². The van der Waals surface area contributed by atoms with E-state index in [4.69, 9.17) is 16.6 Å². The number of benzene rings is 1. The highest BCUT2D eigenvalue weighted by atomic mass is 35.5. The van der Waals surface area contributed by atoms with Crippen LogP contribution in [0.5, 0.6) is 0 Å². The maximum atomic E-state index is 13.7. The highest BCUT2D eigenvalue weighted by Gasteiger charge is 2.41. The van der Waals surface area contributed by atoms with E-state index in [0.717, 1.165) is 21.0 Å². The lowest BCUT2D eigenvalue weighted by Gasteiger charge is -2.16. The third-order valence-corrected chi connectivity index (χ3v) is 9.68. The van der Waals surface area contributed by atoms with Crippen molar-refractivity contribution in [2.45, 2.75) is 33.4 Å². The number of carbonyl (C=O) groups excluding carboxylic acids is 1. The summed E-state index contributed by atoms with van der Waals surface area (Å²) in [5.74, 6) is -0.131. The molecule has 4 heterocycles. The molecule has 0 spiro atoms. The van der Waals surface area contributed by atoms with Crippen molar-refractivity contribution < 1.29 is 9.36 Å². The number of likely N-dealkylation sites (N-methyl/N-ethyl adjacent to an activating group) is 1. The van der Waals surface area contributed by atoms with Crippen LogP contribution in [-0.4, -0.2) is 38.5 Å². The maximum Gasteiger partial charge on any atom is 0.385 e. The Morgan fingerprint density at radius 1 is 1.17 bits per heavy atom. The number of thiazole rings is 2. The second-order valence-electron chi connectivity index (χ2n) is 8.63. The molecule has 5 rings (SSSR count). The number of thioether (sulfide) groups is 1. The molecule has 0 aliphatic carbocycles. The van der Waals surface area contributed by atoms with E-state index in [2.05, 4.69) is 0 Å². The molecular weight excluding hydrogens is 534 g/mol. The zero-order valence-electron chi connectivity index (χ0n) is 20.5. The fourth-order valence-corrected chi connectivity index (χ4v) is 8.04. The van der Waals surface area contributed by atoms with Crippen molar-refractivity contribution >= 4 is 83.1 Å². The normalized spacial score (nSPS) is 20.2. The van der Waals surface area contributed by atoms with Gasteiger partial charge in [0.15, 0.2) is 0 Å². The number of halogens is 1. The van der Waals surface area contributed by atoms with E-state index in [9.17, 15) is 9.59 Å². The highest BCUT2D eigenvalue weighted by molar-refractivity contribution is 8.23. The minimum Gasteiger partial charge on any atom is -0.350 e. The van der Waals surface area contributed by atoms with Gasteiger partial charge in [0, 0.05) is 30.9 Å². The molecular formula is C25H25ClN5O2S3+. The van der Waals surface area contributed by atoms with Crippen LogP contribution in [0.3, 0.4) is 0 Å². The first-order chi connectivity index (χ1) is 17.2. The van der Waals surface area contributed by atoms with Gasteiger partial charge in [-0.2, -0.15) is 0 Å². The quantitative estimate of drug-likeness (QED) is 0.462. The number of aryl methyl sites for hydroxylation is 1. The van der Waals surface area contributed by atoms with Crippen LogP contribution in [0.15, 0.2) is 52.4 Å². The number of amides is 1. The Morgan fingerprint density at radius 2 is 1.94 bits per heavy atom. The molecule has 1 saturated heterocycles. The molecule has 2 aliphatic heterocycles. The summed E-state index contributed by atoms with van der Waals surface area (Å²) < 4.78 is 6.00. The van der Waals surface area contributed by atoms with Crippen LogP contribution in [0.4, 0.5) is 5.13 Å². The summed E-state index contributed by atoms with van der Waals surface area (Å²) in [7, 11) is 3.87. The molecule has 0 radical (unpaired) electrons. The molecule has 0 N–H and O–H groups in total.